The molecule has 1 atom stereocenters. The third-order valence-electron chi connectivity index (χ3n) is 5.08. The molecule has 0 spiro atoms. The van der Waals surface area contributed by atoms with Crippen LogP contribution in [0.15, 0.2) is 42.5 Å². The van der Waals surface area contributed by atoms with E-state index < -0.39 is 17.7 Å². The van der Waals surface area contributed by atoms with Gasteiger partial charge >= 0.3 is 6.09 Å². The van der Waals surface area contributed by atoms with Crippen LogP contribution < -0.4 is 11.1 Å². The molecular weight excluding hydrogens is 448 g/mol. The topological polar surface area (TPSA) is 124 Å². The maximum atomic E-state index is 12.7. The molecule has 35 heavy (non-hydrogen) atoms. The molecule has 2 amide bonds. The normalized spacial score (nSPS) is 12.1. The molecule has 0 radical (unpaired) electrons. The van der Waals surface area contributed by atoms with Gasteiger partial charge in [0.2, 0.25) is 5.91 Å². The van der Waals surface area contributed by atoms with Gasteiger partial charge in [-0.25, -0.2) is 4.79 Å². The van der Waals surface area contributed by atoms with Crippen LogP contribution in [0.5, 0.6) is 0 Å². The summed E-state index contributed by atoms with van der Waals surface area (Å²) in [4.78, 5) is 26.0. The molecule has 2 heterocycles. The second-order valence-electron chi connectivity index (χ2n) is 8.97. The largest absolute Gasteiger partial charge is 0.443 e. The average molecular weight is 485 g/mol. The molecule has 0 aliphatic heterocycles. The van der Waals surface area contributed by atoms with Crippen molar-refractivity contribution in [3.05, 3.63) is 65.1 Å². The third kappa shape index (κ3) is 7.24. The lowest BCUT2D eigenvalue weighted by atomic mass is 10.1. The van der Waals surface area contributed by atoms with Gasteiger partial charge in [-0.05, 0) is 38.5 Å². The molecule has 3 aromatic rings. The highest BCUT2D eigenvalue weighted by Crippen LogP contribution is 2.19. The molecule has 0 unspecified atom stereocenters. The highest BCUT2D eigenvalue weighted by Gasteiger charge is 2.28. The number of fused-ring (bicyclic) bond motifs is 1. The van der Waals surface area contributed by atoms with Crippen molar-refractivity contribution in [1.82, 2.24) is 24.8 Å². The van der Waals surface area contributed by atoms with E-state index in [4.69, 9.17) is 15.2 Å². The van der Waals surface area contributed by atoms with Crippen LogP contribution in [0.1, 0.15) is 50.0 Å². The molecule has 3 rings (SSSR count). The number of hydrogen-bond acceptors (Lipinski definition) is 7. The van der Waals surface area contributed by atoms with Crippen LogP contribution in [-0.4, -0.2) is 57.7 Å². The van der Waals surface area contributed by atoms with Crippen molar-refractivity contribution in [3.8, 4) is 0 Å². The first-order chi connectivity index (χ1) is 16.1. The number of benzene rings is 1. The minimum Gasteiger partial charge on any atom is -0.443 e. The number of pyridine rings is 1. The zero-order valence-corrected chi connectivity index (χ0v) is 20.2. The number of carbonyl (C=O) groups excluding carboxylic acids is 2. The number of carbonyl (C=O) groups is 2. The highest BCUT2D eigenvalue weighted by atomic mass is 16.6. The summed E-state index contributed by atoms with van der Waals surface area (Å²) in [5.74, 6) is 0.0956. The van der Waals surface area contributed by atoms with E-state index in [1.165, 1.54) is 4.90 Å². The molecule has 1 aromatic carbocycles. The molecule has 2 aromatic heterocycles. The van der Waals surface area contributed by atoms with Crippen molar-refractivity contribution in [3.63, 3.8) is 0 Å². The van der Waals surface area contributed by atoms with Gasteiger partial charge in [0.15, 0.2) is 11.5 Å². The quantitative estimate of drug-likeness (QED) is 0.478. The fourth-order valence-corrected chi connectivity index (χ4v) is 3.26. The Hall–Kier alpha value is -3.50. The summed E-state index contributed by atoms with van der Waals surface area (Å²) in [6.45, 7) is 5.78. The van der Waals surface area contributed by atoms with Gasteiger partial charge in [-0.15, -0.1) is 10.2 Å². The van der Waals surface area contributed by atoms with E-state index in [9.17, 15) is 9.59 Å². The lowest BCUT2D eigenvalue weighted by Gasteiger charge is -2.24. The van der Waals surface area contributed by atoms with Crippen LogP contribution in [-0.2, 0) is 27.5 Å². The number of ether oxygens (including phenoxy) is 2. The van der Waals surface area contributed by atoms with Gasteiger partial charge in [-0.2, -0.15) is 0 Å². The Bertz CT molecular complexity index is 1150. The van der Waals surface area contributed by atoms with E-state index in [0.717, 1.165) is 11.1 Å². The second-order valence-corrected chi connectivity index (χ2v) is 8.97. The van der Waals surface area contributed by atoms with E-state index in [0.29, 0.717) is 23.8 Å². The number of nitrogens with two attached hydrogens (primary N) is 1. The number of rotatable bonds is 9. The van der Waals surface area contributed by atoms with Crippen LogP contribution in [0.2, 0.25) is 0 Å². The van der Waals surface area contributed by atoms with Crippen LogP contribution in [0.4, 0.5) is 4.79 Å². The summed E-state index contributed by atoms with van der Waals surface area (Å²) in [5, 5.41) is 11.5. The van der Waals surface area contributed by atoms with Crippen molar-refractivity contribution in [1.29, 1.82) is 0 Å². The maximum Gasteiger partial charge on any atom is 0.409 e. The van der Waals surface area contributed by atoms with Crippen molar-refractivity contribution < 1.29 is 19.1 Å². The number of aromatic nitrogens is 3. The zero-order chi connectivity index (χ0) is 24.9. The maximum absolute atomic E-state index is 12.7. The number of aryl methyl sites for hydroxylation is 1. The number of nitrogens with one attached hydrogen (secondary N) is 1. The van der Waals surface area contributed by atoms with E-state index in [1.807, 2.05) is 37.3 Å². The number of hydrogen-bond donors (Lipinski definition) is 2. The van der Waals surface area contributed by atoms with Gasteiger partial charge < -0.3 is 25.4 Å². The molecule has 0 saturated heterocycles. The first-order valence-corrected chi connectivity index (χ1v) is 11.0. The zero-order valence-electron chi connectivity index (χ0n) is 20.2. The Morgan fingerprint density at radius 2 is 1.86 bits per heavy atom. The Balaban J connectivity index is 0.00000432. The van der Waals surface area contributed by atoms with Crippen LogP contribution in [0.25, 0.3) is 5.65 Å². The first-order valence-electron chi connectivity index (χ1n) is 11.0. The number of nitrogens with zero attached hydrogens (tertiary/aromatic N) is 4. The Labute approximate surface area is 206 Å². The second kappa shape index (κ2) is 11.8. The third-order valence-corrected chi connectivity index (χ3v) is 5.08. The molecule has 190 valence electrons. The molecular formula is C25H36N6O4. The van der Waals surface area contributed by atoms with Crippen molar-refractivity contribution in [2.75, 3.05) is 20.7 Å². The Morgan fingerprint density at radius 3 is 2.51 bits per heavy atom. The van der Waals surface area contributed by atoms with Crippen molar-refractivity contribution in [2.24, 2.45) is 5.73 Å². The standard InChI is InChI=1S/C24H32N6O4.CH4/c1-16-8-6-9-17(12-16)13-33-15-19(26-22(31)24(2,3)25)21-28-27-20-11-7-10-18(30(20)21)14-34-23(32)29(4)5;/h6-12,19H,13-15,25H2,1-5H3,(H,26,31);1H4/t19-;/m1./s1. The molecule has 10 heteroatoms. The molecule has 0 aliphatic rings. The van der Waals surface area contributed by atoms with Crippen LogP contribution >= 0.6 is 0 Å². The van der Waals surface area contributed by atoms with Gasteiger partial charge in [0.1, 0.15) is 12.6 Å². The predicted octanol–water partition coefficient (Wildman–Crippen LogP) is 2.98. The SMILES string of the molecule is C.Cc1cccc(COC[C@@H](NC(=O)C(C)(C)N)c2nnc3cccc(COC(=O)N(C)C)n23)c1. The fraction of sp³-hybridized carbons (Fsp3) is 0.440. The van der Waals surface area contributed by atoms with Gasteiger partial charge in [-0.3, -0.25) is 9.20 Å². The molecule has 3 N–H and O–H groups in total. The summed E-state index contributed by atoms with van der Waals surface area (Å²) in [5.41, 5.74) is 8.27. The summed E-state index contributed by atoms with van der Waals surface area (Å²) in [7, 11) is 3.22. The lowest BCUT2D eigenvalue weighted by molar-refractivity contribution is -0.126. The van der Waals surface area contributed by atoms with Crippen molar-refractivity contribution >= 4 is 17.6 Å². The fourth-order valence-electron chi connectivity index (χ4n) is 3.26. The van der Waals surface area contributed by atoms with Crippen LogP contribution in [0.3, 0.4) is 0 Å². The summed E-state index contributed by atoms with van der Waals surface area (Å²) >= 11 is 0. The van der Waals surface area contributed by atoms with Crippen molar-refractivity contribution in [2.45, 2.75) is 53.0 Å². The summed E-state index contributed by atoms with van der Waals surface area (Å²) < 4.78 is 13.1. The van der Waals surface area contributed by atoms with E-state index in [1.54, 1.807) is 44.5 Å². The van der Waals surface area contributed by atoms with Gasteiger partial charge in [-0.1, -0.05) is 43.3 Å². The first kappa shape index (κ1) is 27.7. The highest BCUT2D eigenvalue weighted by molar-refractivity contribution is 5.85. The Morgan fingerprint density at radius 1 is 1.14 bits per heavy atom. The molecule has 0 bridgehead atoms. The average Bonchev–Trinajstić information content (AvgIpc) is 3.20. The monoisotopic (exact) mass is 484 g/mol. The van der Waals surface area contributed by atoms with Gasteiger partial charge in [0.25, 0.3) is 0 Å². The van der Waals surface area contributed by atoms with E-state index in [2.05, 4.69) is 15.5 Å². The minimum atomic E-state index is -1.10. The summed E-state index contributed by atoms with van der Waals surface area (Å²) in [6, 6.07) is 12.8. The smallest absolute Gasteiger partial charge is 0.409 e. The molecule has 0 fully saturated rings. The molecule has 10 nitrogen and oxygen atoms in total. The Kier molecular flexibility index (Phi) is 9.32. The van der Waals surface area contributed by atoms with E-state index >= 15 is 0 Å². The summed E-state index contributed by atoms with van der Waals surface area (Å²) in [6.07, 6.45) is -0.470. The molecule has 0 saturated carbocycles. The number of amides is 2. The van der Waals surface area contributed by atoms with Gasteiger partial charge in [0.05, 0.1) is 24.4 Å². The lowest BCUT2D eigenvalue weighted by Crippen LogP contribution is -2.51. The molecule has 0 aliphatic carbocycles. The van der Waals surface area contributed by atoms with Crippen LogP contribution in [0, 0.1) is 6.92 Å². The van der Waals surface area contributed by atoms with E-state index in [-0.39, 0.29) is 26.5 Å². The minimum absolute atomic E-state index is 0. The predicted molar refractivity (Wildman–Crippen MR) is 134 cm³/mol. The van der Waals surface area contributed by atoms with Gasteiger partial charge in [0, 0.05) is 14.1 Å².